The van der Waals surface area contributed by atoms with E-state index < -0.39 is 11.9 Å². The van der Waals surface area contributed by atoms with Crippen LogP contribution >= 0.6 is 0 Å². The summed E-state index contributed by atoms with van der Waals surface area (Å²) < 4.78 is 0. The van der Waals surface area contributed by atoms with Crippen molar-refractivity contribution in [2.75, 3.05) is 6.54 Å². The SMILES string of the molecule is CCC(CNC(=O)c1cccc2nccnc12)C(=O)O. The molecule has 1 unspecified atom stereocenters. The van der Waals surface area contributed by atoms with Crippen LogP contribution in [0.5, 0.6) is 0 Å². The number of aromatic nitrogens is 2. The third kappa shape index (κ3) is 2.90. The Morgan fingerprint density at radius 3 is 2.75 bits per heavy atom. The number of para-hydroxylation sites is 1. The number of carboxylic acids is 1. The third-order valence-corrected chi connectivity index (χ3v) is 3.09. The molecule has 0 aliphatic rings. The number of rotatable bonds is 5. The fraction of sp³-hybridized carbons (Fsp3) is 0.286. The summed E-state index contributed by atoms with van der Waals surface area (Å²) in [6, 6.07) is 5.14. The number of fused-ring (bicyclic) bond motifs is 1. The highest BCUT2D eigenvalue weighted by molar-refractivity contribution is 6.04. The first-order chi connectivity index (χ1) is 9.63. The summed E-state index contributed by atoms with van der Waals surface area (Å²) >= 11 is 0. The Morgan fingerprint density at radius 1 is 1.30 bits per heavy atom. The molecule has 1 atom stereocenters. The van der Waals surface area contributed by atoms with Gasteiger partial charge in [-0.25, -0.2) is 0 Å². The molecule has 0 saturated heterocycles. The van der Waals surface area contributed by atoms with E-state index >= 15 is 0 Å². The Balaban J connectivity index is 2.18. The summed E-state index contributed by atoms with van der Waals surface area (Å²) in [4.78, 5) is 31.3. The van der Waals surface area contributed by atoms with Crippen molar-refractivity contribution in [3.8, 4) is 0 Å². The number of hydrogen-bond acceptors (Lipinski definition) is 4. The van der Waals surface area contributed by atoms with Crippen LogP contribution in [0.2, 0.25) is 0 Å². The standard InChI is InChI=1S/C14H15N3O3/c1-2-9(14(19)20)8-17-13(18)10-4-3-5-11-12(10)16-7-6-15-11/h3-7,9H,2,8H2,1H3,(H,17,18)(H,19,20). The molecule has 0 fully saturated rings. The van der Waals surface area contributed by atoms with Gasteiger partial charge in [0.2, 0.25) is 0 Å². The average molecular weight is 273 g/mol. The van der Waals surface area contributed by atoms with Gasteiger partial charge in [-0.15, -0.1) is 0 Å². The second kappa shape index (κ2) is 6.10. The van der Waals surface area contributed by atoms with Gasteiger partial charge in [-0.05, 0) is 18.6 Å². The second-order valence-electron chi connectivity index (χ2n) is 4.38. The molecule has 6 heteroatoms. The first kappa shape index (κ1) is 13.9. The lowest BCUT2D eigenvalue weighted by molar-refractivity contribution is -0.141. The maximum absolute atomic E-state index is 12.1. The van der Waals surface area contributed by atoms with Crippen molar-refractivity contribution in [1.29, 1.82) is 0 Å². The van der Waals surface area contributed by atoms with Crippen LogP contribution in [-0.2, 0) is 4.79 Å². The van der Waals surface area contributed by atoms with Crippen molar-refractivity contribution < 1.29 is 14.7 Å². The van der Waals surface area contributed by atoms with Crippen molar-refractivity contribution in [2.24, 2.45) is 5.92 Å². The summed E-state index contributed by atoms with van der Waals surface area (Å²) in [6.45, 7) is 1.87. The van der Waals surface area contributed by atoms with Crippen LogP contribution in [0.4, 0.5) is 0 Å². The number of carboxylic acid groups (broad SMARTS) is 1. The van der Waals surface area contributed by atoms with E-state index in [9.17, 15) is 9.59 Å². The molecule has 0 aliphatic carbocycles. The number of carbonyl (C=O) groups is 2. The van der Waals surface area contributed by atoms with Crippen molar-refractivity contribution in [2.45, 2.75) is 13.3 Å². The molecular formula is C14H15N3O3. The predicted molar refractivity (Wildman–Crippen MR) is 73.3 cm³/mol. The minimum atomic E-state index is -0.912. The molecule has 2 aromatic rings. The summed E-state index contributed by atoms with van der Waals surface area (Å²) in [7, 11) is 0. The molecule has 104 valence electrons. The summed E-state index contributed by atoms with van der Waals surface area (Å²) in [6.07, 6.45) is 3.54. The van der Waals surface area contributed by atoms with Crippen molar-refractivity contribution >= 4 is 22.9 Å². The highest BCUT2D eigenvalue weighted by atomic mass is 16.4. The number of carbonyl (C=O) groups excluding carboxylic acids is 1. The number of nitrogens with one attached hydrogen (secondary N) is 1. The first-order valence-corrected chi connectivity index (χ1v) is 6.34. The molecule has 1 amide bonds. The molecular weight excluding hydrogens is 258 g/mol. The molecule has 2 N–H and O–H groups in total. The van der Waals surface area contributed by atoms with Crippen LogP contribution in [0, 0.1) is 5.92 Å². The smallest absolute Gasteiger partial charge is 0.308 e. The average Bonchev–Trinajstić information content (AvgIpc) is 2.46. The number of benzene rings is 1. The van der Waals surface area contributed by atoms with Gasteiger partial charge in [-0.3, -0.25) is 19.6 Å². The molecule has 0 aliphatic heterocycles. The molecule has 1 heterocycles. The van der Waals surface area contributed by atoms with Crippen LogP contribution in [-0.4, -0.2) is 33.5 Å². The largest absolute Gasteiger partial charge is 0.481 e. The molecule has 0 saturated carbocycles. The topological polar surface area (TPSA) is 92.2 Å². The van der Waals surface area contributed by atoms with Crippen molar-refractivity contribution in [3.05, 3.63) is 36.2 Å². The molecule has 0 radical (unpaired) electrons. The zero-order valence-electron chi connectivity index (χ0n) is 11.0. The van der Waals surface area contributed by atoms with Crippen LogP contribution < -0.4 is 5.32 Å². The lowest BCUT2D eigenvalue weighted by Crippen LogP contribution is -2.32. The van der Waals surface area contributed by atoms with E-state index in [2.05, 4.69) is 15.3 Å². The van der Waals surface area contributed by atoms with Gasteiger partial charge in [0, 0.05) is 18.9 Å². The van der Waals surface area contributed by atoms with Gasteiger partial charge >= 0.3 is 5.97 Å². The van der Waals surface area contributed by atoms with E-state index in [0.717, 1.165) is 0 Å². The van der Waals surface area contributed by atoms with E-state index in [-0.39, 0.29) is 12.5 Å². The van der Waals surface area contributed by atoms with Gasteiger partial charge in [0.05, 0.1) is 17.0 Å². The highest BCUT2D eigenvalue weighted by Crippen LogP contribution is 2.13. The van der Waals surface area contributed by atoms with Crippen LogP contribution in [0.1, 0.15) is 23.7 Å². The molecule has 1 aromatic heterocycles. The predicted octanol–water partition coefficient (Wildman–Crippen LogP) is 1.47. The molecule has 6 nitrogen and oxygen atoms in total. The van der Waals surface area contributed by atoms with Gasteiger partial charge in [0.1, 0.15) is 5.52 Å². The number of hydrogen-bond donors (Lipinski definition) is 2. The lowest BCUT2D eigenvalue weighted by atomic mass is 10.1. The Morgan fingerprint density at radius 2 is 2.05 bits per heavy atom. The monoisotopic (exact) mass is 273 g/mol. The first-order valence-electron chi connectivity index (χ1n) is 6.34. The van der Waals surface area contributed by atoms with Crippen LogP contribution in [0.3, 0.4) is 0 Å². The van der Waals surface area contributed by atoms with E-state index in [4.69, 9.17) is 5.11 Å². The second-order valence-corrected chi connectivity index (χ2v) is 4.38. The van der Waals surface area contributed by atoms with Gasteiger partial charge in [-0.2, -0.15) is 0 Å². The van der Waals surface area contributed by atoms with E-state index in [0.29, 0.717) is 23.0 Å². The quantitative estimate of drug-likeness (QED) is 0.860. The highest BCUT2D eigenvalue weighted by Gasteiger charge is 2.17. The minimum absolute atomic E-state index is 0.0985. The van der Waals surface area contributed by atoms with E-state index in [1.807, 2.05) is 0 Å². The molecule has 20 heavy (non-hydrogen) atoms. The molecule has 2 rings (SSSR count). The molecule has 0 bridgehead atoms. The zero-order chi connectivity index (χ0) is 14.5. The number of aliphatic carboxylic acids is 1. The fourth-order valence-corrected chi connectivity index (χ4v) is 1.89. The van der Waals surface area contributed by atoms with E-state index in [1.165, 1.54) is 6.20 Å². The number of amides is 1. The Hall–Kier alpha value is -2.50. The normalized spacial score (nSPS) is 12.1. The van der Waals surface area contributed by atoms with Crippen molar-refractivity contribution in [3.63, 3.8) is 0 Å². The van der Waals surface area contributed by atoms with Gasteiger partial charge < -0.3 is 10.4 Å². The Kier molecular flexibility index (Phi) is 4.24. The Bertz CT molecular complexity index is 637. The Labute approximate surface area is 115 Å². The summed E-state index contributed by atoms with van der Waals surface area (Å²) in [5.74, 6) is -1.83. The van der Waals surface area contributed by atoms with Crippen LogP contribution in [0.15, 0.2) is 30.6 Å². The van der Waals surface area contributed by atoms with Gasteiger partial charge in [0.25, 0.3) is 5.91 Å². The van der Waals surface area contributed by atoms with Crippen LogP contribution in [0.25, 0.3) is 11.0 Å². The van der Waals surface area contributed by atoms with E-state index in [1.54, 1.807) is 31.3 Å². The lowest BCUT2D eigenvalue weighted by Gasteiger charge is -2.11. The fourth-order valence-electron chi connectivity index (χ4n) is 1.89. The van der Waals surface area contributed by atoms with Gasteiger partial charge in [0.15, 0.2) is 0 Å². The molecule has 1 aromatic carbocycles. The maximum atomic E-state index is 12.1. The maximum Gasteiger partial charge on any atom is 0.308 e. The zero-order valence-corrected chi connectivity index (χ0v) is 11.0. The minimum Gasteiger partial charge on any atom is -0.481 e. The van der Waals surface area contributed by atoms with Crippen molar-refractivity contribution in [1.82, 2.24) is 15.3 Å². The summed E-state index contributed by atoms with van der Waals surface area (Å²) in [5, 5.41) is 11.6. The van der Waals surface area contributed by atoms with Gasteiger partial charge in [-0.1, -0.05) is 13.0 Å². The summed E-state index contributed by atoms with van der Waals surface area (Å²) in [5.41, 5.74) is 1.54. The molecule has 0 spiro atoms. The number of nitrogens with zero attached hydrogens (tertiary/aromatic N) is 2. The third-order valence-electron chi connectivity index (χ3n) is 3.09.